The van der Waals surface area contributed by atoms with Gasteiger partial charge in [-0.25, -0.2) is 4.79 Å². The van der Waals surface area contributed by atoms with E-state index in [9.17, 15) is 4.79 Å². The molecule has 5 heteroatoms. The third-order valence-electron chi connectivity index (χ3n) is 1.97. The Labute approximate surface area is 134 Å². The molecule has 0 aliphatic carbocycles. The molecule has 0 saturated heterocycles. The molecule has 72 valence electrons. The molecule has 0 bridgehead atoms. The van der Waals surface area contributed by atoms with Gasteiger partial charge in [0, 0.05) is 17.3 Å². The Morgan fingerprint density at radius 2 is 2.07 bits per heavy atom. The van der Waals surface area contributed by atoms with Crippen LogP contribution in [0.4, 0.5) is 5.69 Å². The average molecular weight is 248 g/mol. The van der Waals surface area contributed by atoms with E-state index in [0.717, 1.165) is 10.9 Å². The maximum Gasteiger partial charge on any atom is 1.00 e. The van der Waals surface area contributed by atoms with Gasteiger partial charge in [-0.05, 0) is 11.6 Å². The summed E-state index contributed by atoms with van der Waals surface area (Å²) < 4.78 is 4.95. The third-order valence-corrected chi connectivity index (χ3v) is 2.26. The minimum absolute atomic E-state index is 0. The molecular weight excluding hydrogens is 241 g/mol. The quantitative estimate of drug-likeness (QED) is 0.411. The van der Waals surface area contributed by atoms with Crippen LogP contribution in [0.2, 0.25) is 0 Å². The van der Waals surface area contributed by atoms with Gasteiger partial charge in [-0.15, -0.1) is 17.3 Å². The maximum atomic E-state index is 11.1. The van der Waals surface area contributed by atoms with E-state index in [0.29, 0.717) is 11.3 Å². The fourth-order valence-electron chi connectivity index (χ4n) is 1.34. The molecule has 0 amide bonds. The van der Waals surface area contributed by atoms with Gasteiger partial charge in [0.2, 0.25) is 0 Å². The molecule has 3 nitrogen and oxygen atoms in total. The van der Waals surface area contributed by atoms with Crippen LogP contribution in [-0.4, -0.2) is 0 Å². The molecule has 1 N–H and O–H groups in total. The summed E-state index contributed by atoms with van der Waals surface area (Å²) in [5.74, 6) is 0.263. The van der Waals surface area contributed by atoms with E-state index in [1.54, 1.807) is 12.1 Å². The molecule has 0 radical (unpaired) electrons. The third kappa shape index (κ3) is 2.84. The Kier molecular flexibility index (Phi) is 4.83. The molecule has 2 aromatic rings. The SMILES string of the molecule is [K+].[NH-]c1ccc2c(CCl)cc(=O)oc2c1. The fraction of sp³-hybridized carbons (Fsp3) is 0.100. The van der Waals surface area contributed by atoms with Crippen molar-refractivity contribution in [2.24, 2.45) is 0 Å². The first-order valence-electron chi connectivity index (χ1n) is 4.05. The summed E-state index contributed by atoms with van der Waals surface area (Å²) in [6, 6.07) is 6.25. The first-order chi connectivity index (χ1) is 6.70. The molecule has 0 aliphatic heterocycles. The van der Waals surface area contributed by atoms with E-state index >= 15 is 0 Å². The Hall–Kier alpha value is 0.156. The number of fused-ring (bicyclic) bond motifs is 1. The summed E-state index contributed by atoms with van der Waals surface area (Å²) in [4.78, 5) is 11.1. The van der Waals surface area contributed by atoms with Crippen molar-refractivity contribution in [2.75, 3.05) is 0 Å². The second kappa shape index (κ2) is 5.47. The van der Waals surface area contributed by atoms with E-state index in [4.69, 9.17) is 21.8 Å². The van der Waals surface area contributed by atoms with Gasteiger partial charge in [0.25, 0.3) is 0 Å². The molecule has 0 fully saturated rings. The second-order valence-corrected chi connectivity index (χ2v) is 3.20. The van der Waals surface area contributed by atoms with Crippen LogP contribution in [0.3, 0.4) is 0 Å². The van der Waals surface area contributed by atoms with Gasteiger partial charge in [0.05, 0.1) is 0 Å². The summed E-state index contributed by atoms with van der Waals surface area (Å²) >= 11 is 5.69. The largest absolute Gasteiger partial charge is 1.00 e. The predicted molar refractivity (Wildman–Crippen MR) is 56.0 cm³/mol. The number of rotatable bonds is 1. The summed E-state index contributed by atoms with van der Waals surface area (Å²) in [6.07, 6.45) is 0. The molecule has 0 atom stereocenters. The zero-order valence-corrected chi connectivity index (χ0v) is 12.1. The average Bonchev–Trinajstić information content (AvgIpc) is 2.15. The van der Waals surface area contributed by atoms with Gasteiger partial charge in [-0.1, -0.05) is 12.1 Å². The molecular formula is C10H7ClKNO2. The van der Waals surface area contributed by atoms with Crippen molar-refractivity contribution in [3.05, 3.63) is 46.0 Å². The minimum atomic E-state index is -0.432. The standard InChI is InChI=1S/C10H8ClNO2.K/c11-5-6-3-10(13)14-9-4-7(12)1-2-8(6)9;/h1-4H,5H2,(H2,12,13);/q;+1/p-1. The molecule has 0 unspecified atom stereocenters. The van der Waals surface area contributed by atoms with E-state index in [1.165, 1.54) is 12.1 Å². The number of hydrogen-bond acceptors (Lipinski definition) is 2. The number of benzene rings is 1. The molecule has 1 heterocycles. The molecule has 0 saturated carbocycles. The zero-order valence-electron chi connectivity index (χ0n) is 8.21. The maximum absolute atomic E-state index is 11.1. The van der Waals surface area contributed by atoms with Crippen molar-refractivity contribution < 1.29 is 55.8 Å². The van der Waals surface area contributed by atoms with Crippen molar-refractivity contribution in [3.63, 3.8) is 0 Å². The minimum Gasteiger partial charge on any atom is -0.699 e. The van der Waals surface area contributed by atoms with E-state index in [-0.39, 0.29) is 57.3 Å². The first kappa shape index (κ1) is 13.2. The number of halogens is 1. The summed E-state index contributed by atoms with van der Waals surface area (Å²) in [5, 5.41) is 0.788. The normalized spacial score (nSPS) is 9.93. The van der Waals surface area contributed by atoms with Crippen LogP contribution in [0.1, 0.15) is 5.56 Å². The van der Waals surface area contributed by atoms with Crippen LogP contribution in [0, 0.1) is 0 Å². The Balaban J connectivity index is 0.00000112. The Morgan fingerprint density at radius 3 is 2.73 bits per heavy atom. The van der Waals surface area contributed by atoms with Crippen LogP contribution in [0.25, 0.3) is 16.7 Å². The van der Waals surface area contributed by atoms with Crippen molar-refractivity contribution in [2.45, 2.75) is 5.88 Å². The monoisotopic (exact) mass is 247 g/mol. The van der Waals surface area contributed by atoms with Crippen LogP contribution < -0.4 is 57.0 Å². The fourth-order valence-corrected chi connectivity index (χ4v) is 1.56. The topological polar surface area (TPSA) is 54.0 Å². The molecule has 15 heavy (non-hydrogen) atoms. The van der Waals surface area contributed by atoms with E-state index in [2.05, 4.69) is 0 Å². The summed E-state index contributed by atoms with van der Waals surface area (Å²) in [7, 11) is 0. The van der Waals surface area contributed by atoms with Gasteiger partial charge in [0.1, 0.15) is 5.58 Å². The van der Waals surface area contributed by atoms with Crippen molar-refractivity contribution >= 4 is 28.3 Å². The molecule has 0 aliphatic rings. The van der Waals surface area contributed by atoms with Crippen molar-refractivity contribution in [1.82, 2.24) is 0 Å². The predicted octanol–water partition coefficient (Wildman–Crippen LogP) is 0.219. The van der Waals surface area contributed by atoms with Gasteiger partial charge < -0.3 is 10.2 Å². The van der Waals surface area contributed by atoms with Crippen LogP contribution in [0.5, 0.6) is 0 Å². The van der Waals surface area contributed by atoms with Crippen LogP contribution >= 0.6 is 11.6 Å². The number of alkyl halides is 1. The second-order valence-electron chi connectivity index (χ2n) is 2.94. The van der Waals surface area contributed by atoms with E-state index < -0.39 is 5.63 Å². The Bertz CT molecular complexity index is 538. The van der Waals surface area contributed by atoms with Gasteiger partial charge in [0.15, 0.2) is 0 Å². The van der Waals surface area contributed by atoms with E-state index in [1.807, 2.05) is 0 Å². The van der Waals surface area contributed by atoms with Gasteiger partial charge >= 0.3 is 57.0 Å². The summed E-state index contributed by atoms with van der Waals surface area (Å²) in [5.41, 5.74) is 8.41. The van der Waals surface area contributed by atoms with Gasteiger partial charge in [-0.2, -0.15) is 0 Å². The zero-order chi connectivity index (χ0) is 10.1. The summed E-state index contributed by atoms with van der Waals surface area (Å²) in [6.45, 7) is 0. The smallest absolute Gasteiger partial charge is 0.699 e. The van der Waals surface area contributed by atoms with Gasteiger partial charge in [-0.3, -0.25) is 0 Å². The molecule has 2 rings (SSSR count). The first-order valence-corrected chi connectivity index (χ1v) is 4.58. The number of nitrogens with one attached hydrogen (secondary N) is 1. The molecule has 1 aromatic heterocycles. The molecule has 1 aromatic carbocycles. The van der Waals surface area contributed by atoms with Crippen molar-refractivity contribution in [3.8, 4) is 0 Å². The number of hydrogen-bond donors (Lipinski definition) is 0. The molecule has 0 spiro atoms. The van der Waals surface area contributed by atoms with Crippen LogP contribution in [0.15, 0.2) is 33.5 Å². The Morgan fingerprint density at radius 1 is 1.33 bits per heavy atom. The van der Waals surface area contributed by atoms with Crippen molar-refractivity contribution in [1.29, 1.82) is 0 Å². The van der Waals surface area contributed by atoms with Crippen LogP contribution in [-0.2, 0) is 5.88 Å².